The molecule has 0 radical (unpaired) electrons. The van der Waals surface area contributed by atoms with E-state index in [-0.39, 0.29) is 0 Å². The van der Waals surface area contributed by atoms with Gasteiger partial charge in [-0.05, 0) is 23.7 Å². The fourth-order valence-corrected chi connectivity index (χ4v) is 5.29. The Balaban J connectivity index is 1.59. The summed E-state index contributed by atoms with van der Waals surface area (Å²) in [6.07, 6.45) is -2.08. The van der Waals surface area contributed by atoms with Crippen molar-refractivity contribution < 1.29 is 18.9 Å². The van der Waals surface area contributed by atoms with Gasteiger partial charge in [-0.2, -0.15) is 0 Å². The third-order valence-corrected chi connectivity index (χ3v) is 6.85. The monoisotopic (exact) mass is 467 g/mol. The van der Waals surface area contributed by atoms with E-state index >= 15 is 0 Å². The Morgan fingerprint density at radius 3 is 2.70 bits per heavy atom. The van der Waals surface area contributed by atoms with E-state index in [0.717, 1.165) is 10.5 Å². The van der Waals surface area contributed by atoms with Crippen molar-refractivity contribution in [3.05, 3.63) is 74.6 Å². The lowest BCUT2D eigenvalue weighted by atomic mass is 9.96. The Bertz CT molecular complexity index is 932. The van der Waals surface area contributed by atoms with Crippen LogP contribution < -0.4 is 0 Å². The predicted octanol–water partition coefficient (Wildman–Crippen LogP) is 5.62. The topological polar surface area (TPSA) is 85.7 Å². The van der Waals surface area contributed by atoms with Gasteiger partial charge >= 0.3 is 0 Å². The number of ether oxygens (including phenoxy) is 4. The third kappa shape index (κ3) is 4.56. The molecule has 0 aliphatic carbocycles. The second-order valence-corrected chi connectivity index (χ2v) is 8.79. The van der Waals surface area contributed by atoms with Crippen LogP contribution in [-0.2, 0) is 18.9 Å². The summed E-state index contributed by atoms with van der Waals surface area (Å²) >= 11 is 13.8. The van der Waals surface area contributed by atoms with Gasteiger partial charge in [0.05, 0.1) is 17.7 Å². The first kappa shape index (κ1) is 21.7. The van der Waals surface area contributed by atoms with Crippen molar-refractivity contribution in [3.63, 3.8) is 0 Å². The number of methoxy groups -OCH3 is 1. The molecule has 2 aromatic carbocycles. The maximum atomic E-state index is 9.19. The van der Waals surface area contributed by atoms with Crippen LogP contribution >= 0.6 is 35.0 Å². The summed E-state index contributed by atoms with van der Waals surface area (Å²) in [5.74, 6) is 0. The van der Waals surface area contributed by atoms with E-state index in [1.807, 2.05) is 30.3 Å². The third-order valence-electron chi connectivity index (χ3n) is 4.97. The molecule has 0 saturated carbocycles. The quantitative estimate of drug-likeness (QED) is 0.323. The second kappa shape index (κ2) is 9.77. The van der Waals surface area contributed by atoms with Gasteiger partial charge < -0.3 is 18.9 Å². The lowest BCUT2D eigenvalue weighted by molar-refractivity contribution is -0.298. The first-order valence-electron chi connectivity index (χ1n) is 9.27. The van der Waals surface area contributed by atoms with Crippen molar-refractivity contribution in [2.75, 3.05) is 13.7 Å². The molecule has 7 nitrogen and oxygen atoms in total. The van der Waals surface area contributed by atoms with Crippen LogP contribution in [0.1, 0.15) is 11.9 Å². The number of fused-ring (bicyclic) bond motifs is 1. The lowest BCUT2D eigenvalue weighted by Gasteiger charge is -2.47. The minimum atomic E-state index is -0.607. The van der Waals surface area contributed by atoms with Crippen LogP contribution in [0.3, 0.4) is 0 Å². The Morgan fingerprint density at radius 1 is 1.17 bits per heavy atom. The molecule has 4 unspecified atom stereocenters. The van der Waals surface area contributed by atoms with Crippen molar-refractivity contribution in [1.82, 2.24) is 0 Å². The van der Waals surface area contributed by atoms with E-state index in [9.17, 15) is 5.53 Å². The molecule has 4 rings (SSSR count). The van der Waals surface area contributed by atoms with Crippen LogP contribution in [0, 0.1) is 0 Å². The Kier molecular flexibility index (Phi) is 7.08. The molecule has 0 spiro atoms. The Labute approximate surface area is 188 Å². The van der Waals surface area contributed by atoms with Crippen LogP contribution in [0.2, 0.25) is 10.0 Å². The van der Waals surface area contributed by atoms with Gasteiger partial charge in [-0.15, -0.1) is 0 Å². The van der Waals surface area contributed by atoms with Gasteiger partial charge in [0.25, 0.3) is 0 Å². The summed E-state index contributed by atoms with van der Waals surface area (Å²) in [5, 5.41) is 5.11. The minimum absolute atomic E-state index is 0.290. The standard InChI is InChI=1S/C20H19Cl2N3O4S/c1-26-18-16(24-25-23)17-14(10-27-19(29-17)11-5-3-2-4-6-11)28-20(18)30-15-9-12(21)7-8-13(15)22/h2-9,14,16-20H,10H2,1H3/t14?,16?,17-,18?,19?,20+/m0/s1. The molecule has 2 aromatic rings. The number of benzene rings is 2. The van der Waals surface area contributed by atoms with E-state index in [4.69, 9.17) is 42.1 Å². The van der Waals surface area contributed by atoms with Crippen LogP contribution in [0.5, 0.6) is 0 Å². The number of nitrogens with zero attached hydrogens (tertiary/aromatic N) is 3. The van der Waals surface area contributed by atoms with Crippen LogP contribution in [0.25, 0.3) is 10.4 Å². The van der Waals surface area contributed by atoms with Gasteiger partial charge in [-0.3, -0.25) is 0 Å². The van der Waals surface area contributed by atoms with E-state index in [1.165, 1.54) is 11.8 Å². The van der Waals surface area contributed by atoms with E-state index < -0.39 is 36.1 Å². The van der Waals surface area contributed by atoms with Crippen molar-refractivity contribution in [2.24, 2.45) is 5.11 Å². The van der Waals surface area contributed by atoms with Gasteiger partial charge in [0.2, 0.25) is 0 Å². The molecule has 2 aliphatic rings. The van der Waals surface area contributed by atoms with Gasteiger partial charge in [-0.25, -0.2) is 0 Å². The van der Waals surface area contributed by atoms with E-state index in [0.29, 0.717) is 16.7 Å². The first-order valence-corrected chi connectivity index (χ1v) is 10.9. The van der Waals surface area contributed by atoms with Crippen molar-refractivity contribution >= 4 is 35.0 Å². The molecule has 0 bridgehead atoms. The van der Waals surface area contributed by atoms with Gasteiger partial charge in [0.1, 0.15) is 23.7 Å². The van der Waals surface area contributed by atoms with E-state index in [1.54, 1.807) is 25.3 Å². The number of halogens is 2. The average Bonchev–Trinajstić information content (AvgIpc) is 2.77. The number of azide groups is 1. The molecule has 2 saturated heterocycles. The molecule has 2 fully saturated rings. The summed E-state index contributed by atoms with van der Waals surface area (Å²) in [6, 6.07) is 14.2. The number of hydrogen-bond acceptors (Lipinski definition) is 6. The number of thioether (sulfide) groups is 1. The molecule has 6 atom stereocenters. The fourth-order valence-electron chi connectivity index (χ4n) is 3.58. The summed E-state index contributed by atoms with van der Waals surface area (Å²) in [6.45, 7) is 0.290. The normalized spacial score (nSPS) is 30.9. The van der Waals surface area contributed by atoms with Crippen LogP contribution in [0.15, 0.2) is 58.5 Å². The van der Waals surface area contributed by atoms with Crippen LogP contribution in [-0.4, -0.2) is 43.5 Å². The highest BCUT2D eigenvalue weighted by Gasteiger charge is 2.50. The Hall–Kier alpha value is -1.48. The summed E-state index contributed by atoms with van der Waals surface area (Å²) in [7, 11) is 1.55. The molecule has 0 N–H and O–H groups in total. The molecule has 2 heterocycles. The maximum absolute atomic E-state index is 9.19. The molecular weight excluding hydrogens is 449 g/mol. The predicted molar refractivity (Wildman–Crippen MR) is 115 cm³/mol. The molecular formula is C20H19Cl2N3O4S. The average molecular weight is 468 g/mol. The zero-order valence-corrected chi connectivity index (χ0v) is 18.3. The highest BCUT2D eigenvalue weighted by atomic mass is 35.5. The highest BCUT2D eigenvalue weighted by molar-refractivity contribution is 8.00. The molecule has 158 valence electrons. The van der Waals surface area contributed by atoms with Crippen LogP contribution in [0.4, 0.5) is 0 Å². The minimum Gasteiger partial charge on any atom is -0.377 e. The second-order valence-electron chi connectivity index (χ2n) is 6.81. The zero-order chi connectivity index (χ0) is 21.1. The molecule has 0 amide bonds. The summed E-state index contributed by atoms with van der Waals surface area (Å²) in [4.78, 5) is 3.78. The summed E-state index contributed by atoms with van der Waals surface area (Å²) < 4.78 is 24.0. The molecule has 0 aromatic heterocycles. The highest BCUT2D eigenvalue weighted by Crippen LogP contribution is 2.42. The van der Waals surface area contributed by atoms with Crippen molar-refractivity contribution in [3.8, 4) is 0 Å². The Morgan fingerprint density at radius 2 is 1.97 bits per heavy atom. The zero-order valence-electron chi connectivity index (χ0n) is 15.9. The SMILES string of the molecule is COC1C(N=[N+]=[N-])[C@H]2OC(c3ccccc3)OCC2O[C@@H]1Sc1cc(Cl)ccc1Cl. The molecule has 10 heteroatoms. The largest absolute Gasteiger partial charge is 0.377 e. The number of hydrogen-bond donors (Lipinski definition) is 0. The smallest absolute Gasteiger partial charge is 0.184 e. The maximum Gasteiger partial charge on any atom is 0.184 e. The number of rotatable bonds is 5. The lowest BCUT2D eigenvalue weighted by Crippen LogP contribution is -2.60. The molecule has 30 heavy (non-hydrogen) atoms. The van der Waals surface area contributed by atoms with Gasteiger partial charge in [-0.1, -0.05) is 70.4 Å². The fraction of sp³-hybridized carbons (Fsp3) is 0.400. The van der Waals surface area contributed by atoms with E-state index in [2.05, 4.69) is 10.0 Å². The van der Waals surface area contributed by atoms with Crippen molar-refractivity contribution in [2.45, 2.75) is 41.0 Å². The first-order chi connectivity index (χ1) is 14.6. The summed E-state index contributed by atoms with van der Waals surface area (Å²) in [5.41, 5.74) is 9.58. The van der Waals surface area contributed by atoms with Gasteiger partial charge in [0.15, 0.2) is 6.29 Å². The van der Waals surface area contributed by atoms with Gasteiger partial charge in [0, 0.05) is 27.5 Å². The van der Waals surface area contributed by atoms with Crippen molar-refractivity contribution in [1.29, 1.82) is 0 Å². The molecule has 2 aliphatic heterocycles.